The molecule has 1 aliphatic rings. The number of aryl methyl sites for hydroxylation is 3. The van der Waals surface area contributed by atoms with Crippen molar-refractivity contribution in [3.05, 3.63) is 64.7 Å². The fourth-order valence-electron chi connectivity index (χ4n) is 4.59. The van der Waals surface area contributed by atoms with Crippen LogP contribution in [0.25, 0.3) is 11.0 Å². The number of imidazole rings is 1. The maximum Gasteiger partial charge on any atom is 0.309 e. The van der Waals surface area contributed by atoms with Gasteiger partial charge in [0.05, 0.1) is 23.6 Å². The Morgan fingerprint density at radius 3 is 2.44 bits per heavy atom. The number of aromatic nitrogens is 2. The van der Waals surface area contributed by atoms with E-state index in [0.717, 1.165) is 22.4 Å². The van der Waals surface area contributed by atoms with Crippen LogP contribution >= 0.6 is 0 Å². The molecule has 0 atom stereocenters. The van der Waals surface area contributed by atoms with Crippen molar-refractivity contribution in [1.29, 1.82) is 0 Å². The van der Waals surface area contributed by atoms with Crippen molar-refractivity contribution >= 4 is 22.9 Å². The van der Waals surface area contributed by atoms with Crippen LogP contribution in [0.4, 0.5) is 4.39 Å². The molecule has 0 spiro atoms. The monoisotopic (exact) mass is 465 g/mol. The summed E-state index contributed by atoms with van der Waals surface area (Å²) < 4.78 is 20.6. The van der Waals surface area contributed by atoms with E-state index in [1.807, 2.05) is 11.8 Å². The third kappa shape index (κ3) is 5.29. The first-order valence-corrected chi connectivity index (χ1v) is 12.0. The van der Waals surface area contributed by atoms with E-state index in [-0.39, 0.29) is 23.6 Å². The molecule has 1 amide bonds. The lowest BCUT2D eigenvalue weighted by Gasteiger charge is -2.31. The first-order valence-electron chi connectivity index (χ1n) is 12.0. The molecule has 0 bridgehead atoms. The molecule has 0 saturated carbocycles. The number of benzene rings is 2. The Bertz CT molecular complexity index is 1180. The maximum absolute atomic E-state index is 13.4. The molecule has 6 nitrogen and oxygen atoms in total. The number of esters is 1. The summed E-state index contributed by atoms with van der Waals surface area (Å²) in [6.07, 6.45) is 2.21. The second kappa shape index (κ2) is 10.4. The number of amides is 1. The second-order valence-electron chi connectivity index (χ2n) is 9.07. The second-order valence-corrected chi connectivity index (χ2v) is 9.07. The summed E-state index contributed by atoms with van der Waals surface area (Å²) in [5, 5.41) is 0. The number of carbonyl (C=O) groups is 2. The minimum absolute atomic E-state index is 0.0840. The van der Waals surface area contributed by atoms with Crippen LogP contribution in [0.2, 0.25) is 0 Å². The van der Waals surface area contributed by atoms with Crippen molar-refractivity contribution in [2.45, 2.75) is 53.0 Å². The summed E-state index contributed by atoms with van der Waals surface area (Å²) in [4.78, 5) is 31.7. The lowest BCUT2D eigenvalue weighted by molar-refractivity contribution is -0.151. The molecule has 2 aromatic carbocycles. The van der Waals surface area contributed by atoms with Crippen LogP contribution in [-0.4, -0.2) is 46.0 Å². The van der Waals surface area contributed by atoms with Crippen LogP contribution in [0.1, 0.15) is 48.7 Å². The van der Waals surface area contributed by atoms with Gasteiger partial charge in [-0.05, 0) is 74.6 Å². The van der Waals surface area contributed by atoms with E-state index in [2.05, 4.69) is 30.5 Å². The molecule has 1 saturated heterocycles. The van der Waals surface area contributed by atoms with E-state index in [4.69, 9.17) is 9.72 Å². The molecule has 1 fully saturated rings. The highest BCUT2D eigenvalue weighted by Gasteiger charge is 2.28. The van der Waals surface area contributed by atoms with Crippen molar-refractivity contribution in [3.8, 4) is 0 Å². The molecule has 34 heavy (non-hydrogen) atoms. The average molecular weight is 466 g/mol. The van der Waals surface area contributed by atoms with Gasteiger partial charge in [0.1, 0.15) is 11.6 Å². The number of ether oxygens (including phenoxy) is 1. The fourth-order valence-corrected chi connectivity index (χ4v) is 4.59. The highest BCUT2D eigenvalue weighted by molar-refractivity contribution is 5.80. The summed E-state index contributed by atoms with van der Waals surface area (Å²) in [5.41, 5.74) is 5.23. The zero-order valence-corrected chi connectivity index (χ0v) is 20.1. The van der Waals surface area contributed by atoms with Gasteiger partial charge in [-0.25, -0.2) is 9.37 Å². The van der Waals surface area contributed by atoms with Crippen LogP contribution in [0.3, 0.4) is 0 Å². The van der Waals surface area contributed by atoms with Crippen molar-refractivity contribution in [1.82, 2.24) is 14.5 Å². The van der Waals surface area contributed by atoms with E-state index in [1.54, 1.807) is 12.1 Å². The lowest BCUT2D eigenvalue weighted by atomic mass is 9.97. The summed E-state index contributed by atoms with van der Waals surface area (Å²) in [6, 6.07) is 10.7. The molecular formula is C27H32FN3O3. The summed E-state index contributed by atoms with van der Waals surface area (Å²) in [5.74, 6) is 0.410. The number of carbonyl (C=O) groups excluding carboxylic acids is 2. The van der Waals surface area contributed by atoms with E-state index < -0.39 is 0 Å². The highest BCUT2D eigenvalue weighted by atomic mass is 19.1. The molecule has 0 aliphatic carbocycles. The molecule has 4 rings (SSSR count). The molecule has 1 aromatic heterocycles. The Balaban J connectivity index is 1.49. The summed E-state index contributed by atoms with van der Waals surface area (Å²) in [7, 11) is 0. The fraction of sp³-hybridized carbons (Fsp3) is 0.444. The predicted octanol–water partition coefficient (Wildman–Crippen LogP) is 4.57. The van der Waals surface area contributed by atoms with E-state index in [9.17, 15) is 14.0 Å². The Morgan fingerprint density at radius 1 is 1.09 bits per heavy atom. The van der Waals surface area contributed by atoms with Gasteiger partial charge in [-0.1, -0.05) is 12.1 Å². The molecule has 7 heteroatoms. The Labute approximate surface area is 199 Å². The van der Waals surface area contributed by atoms with Gasteiger partial charge < -0.3 is 14.2 Å². The number of hydrogen-bond donors (Lipinski definition) is 0. The zero-order valence-electron chi connectivity index (χ0n) is 20.1. The molecule has 3 aromatic rings. The van der Waals surface area contributed by atoms with Crippen LogP contribution < -0.4 is 0 Å². The Morgan fingerprint density at radius 2 is 1.76 bits per heavy atom. The largest absolute Gasteiger partial charge is 0.466 e. The van der Waals surface area contributed by atoms with Gasteiger partial charge in [-0.3, -0.25) is 9.59 Å². The highest BCUT2D eigenvalue weighted by Crippen LogP contribution is 2.24. The Hall–Kier alpha value is -3.22. The molecule has 1 aliphatic heterocycles. The number of rotatable bonds is 7. The number of piperidine rings is 1. The van der Waals surface area contributed by atoms with Crippen LogP contribution in [-0.2, 0) is 27.3 Å². The van der Waals surface area contributed by atoms with Gasteiger partial charge in [-0.15, -0.1) is 0 Å². The van der Waals surface area contributed by atoms with Gasteiger partial charge in [-0.2, -0.15) is 0 Å². The van der Waals surface area contributed by atoms with Gasteiger partial charge in [0.2, 0.25) is 5.91 Å². The number of halogens is 1. The molecule has 0 unspecified atom stereocenters. The molecule has 180 valence electrons. The number of nitrogens with zero attached hydrogens (tertiary/aromatic N) is 3. The molecule has 0 radical (unpaired) electrons. The lowest BCUT2D eigenvalue weighted by Crippen LogP contribution is -2.41. The third-order valence-corrected chi connectivity index (χ3v) is 6.74. The zero-order chi connectivity index (χ0) is 24.2. The number of hydrogen-bond acceptors (Lipinski definition) is 4. The van der Waals surface area contributed by atoms with Gasteiger partial charge >= 0.3 is 5.97 Å². The average Bonchev–Trinajstić information content (AvgIpc) is 3.15. The summed E-state index contributed by atoms with van der Waals surface area (Å²) in [6.45, 7) is 8.01. The normalized spacial score (nSPS) is 14.5. The molecule has 0 N–H and O–H groups in total. The molecular weight excluding hydrogens is 433 g/mol. The minimum atomic E-state index is -0.263. The third-order valence-electron chi connectivity index (χ3n) is 6.74. The van der Waals surface area contributed by atoms with Gasteiger partial charge in [0.25, 0.3) is 0 Å². The van der Waals surface area contributed by atoms with E-state index >= 15 is 0 Å². The topological polar surface area (TPSA) is 64.4 Å². The SMILES string of the molecule is CCOC(=O)C1CCN(C(=O)CCn2c(Cc3ccc(F)cc3)nc3cc(C)c(C)cc32)CC1. The van der Waals surface area contributed by atoms with Crippen LogP contribution in [0, 0.1) is 25.6 Å². The standard InChI is InChI=1S/C27H32FN3O3/c1-4-34-27(33)21-9-12-30(13-10-21)26(32)11-14-31-24-16-19(3)18(2)15-23(24)29-25(31)17-20-5-7-22(28)8-6-20/h5-8,15-16,21H,4,9-14,17H2,1-3H3. The number of fused-ring (bicyclic) bond motifs is 1. The van der Waals surface area contributed by atoms with E-state index in [0.29, 0.717) is 51.9 Å². The first kappa shape index (κ1) is 23.9. The van der Waals surface area contributed by atoms with Crippen molar-refractivity contribution in [2.75, 3.05) is 19.7 Å². The summed E-state index contributed by atoms with van der Waals surface area (Å²) >= 11 is 0. The first-order chi connectivity index (χ1) is 16.4. The van der Waals surface area contributed by atoms with Gasteiger partial charge in [0, 0.05) is 32.5 Å². The van der Waals surface area contributed by atoms with E-state index in [1.165, 1.54) is 23.3 Å². The van der Waals surface area contributed by atoms with Crippen molar-refractivity contribution < 1.29 is 18.7 Å². The maximum atomic E-state index is 13.4. The smallest absolute Gasteiger partial charge is 0.309 e. The van der Waals surface area contributed by atoms with Crippen molar-refractivity contribution in [2.24, 2.45) is 5.92 Å². The Kier molecular flexibility index (Phi) is 7.29. The van der Waals surface area contributed by atoms with Crippen LogP contribution in [0.15, 0.2) is 36.4 Å². The quantitative estimate of drug-likeness (QED) is 0.480. The number of likely N-dealkylation sites (tertiary alicyclic amines) is 1. The molecule has 2 heterocycles. The van der Waals surface area contributed by atoms with Crippen LogP contribution in [0.5, 0.6) is 0 Å². The van der Waals surface area contributed by atoms with Crippen molar-refractivity contribution in [3.63, 3.8) is 0 Å². The minimum Gasteiger partial charge on any atom is -0.466 e. The van der Waals surface area contributed by atoms with Gasteiger partial charge in [0.15, 0.2) is 0 Å². The predicted molar refractivity (Wildman–Crippen MR) is 129 cm³/mol.